The van der Waals surface area contributed by atoms with Gasteiger partial charge in [0.15, 0.2) is 21.4 Å². The fourth-order valence-corrected chi connectivity index (χ4v) is 3.37. The number of rotatable bonds is 2. The second-order valence-corrected chi connectivity index (χ2v) is 5.56. The summed E-state index contributed by atoms with van der Waals surface area (Å²) in [5, 5.41) is 4.29. The lowest BCUT2D eigenvalue weighted by Crippen LogP contribution is -1.92. The molecule has 3 aromatic rings. The molecule has 4 nitrogen and oxygen atoms in total. The first-order valence-corrected chi connectivity index (χ1v) is 7.50. The molecule has 3 rings (SSSR count). The Bertz CT molecular complexity index is 717. The molecule has 0 radical (unpaired) electrons. The van der Waals surface area contributed by atoms with Crippen LogP contribution in [-0.2, 0) is 0 Å². The maximum atomic E-state index is 5.87. The summed E-state index contributed by atoms with van der Waals surface area (Å²) < 4.78 is 9.84. The van der Waals surface area contributed by atoms with Gasteiger partial charge in [0.1, 0.15) is 0 Å². The number of aromatic nitrogens is 2. The van der Waals surface area contributed by atoms with Crippen LogP contribution in [-0.4, -0.2) is 9.53 Å². The molecule has 0 fully saturated rings. The first-order valence-electron chi connectivity index (χ1n) is 5.01. The molecule has 0 aliphatic rings. The summed E-state index contributed by atoms with van der Waals surface area (Å²) in [6.07, 6.45) is 0. The van der Waals surface area contributed by atoms with E-state index in [1.165, 1.54) is 20.9 Å². The largest absolute Gasteiger partial charge is 0.354 e. The van der Waals surface area contributed by atoms with Crippen molar-refractivity contribution in [3.63, 3.8) is 0 Å². The molecule has 0 atom stereocenters. The molecule has 0 amide bonds. The summed E-state index contributed by atoms with van der Waals surface area (Å²) in [7, 11) is 2.70. The van der Waals surface area contributed by atoms with Crippen LogP contribution in [0.5, 0.6) is 0 Å². The van der Waals surface area contributed by atoms with Crippen LogP contribution in [0.4, 0.5) is 5.82 Å². The van der Waals surface area contributed by atoms with Gasteiger partial charge in [0, 0.05) is 22.2 Å². The predicted molar refractivity (Wildman–Crippen MR) is 72.2 cm³/mol. The van der Waals surface area contributed by atoms with Gasteiger partial charge >= 0.3 is 0 Å². The number of nitrogens with zero attached hydrogens (tertiary/aromatic N) is 3. The van der Waals surface area contributed by atoms with Crippen LogP contribution in [0.1, 0.15) is 0 Å². The quantitative estimate of drug-likeness (QED) is 0.677. The number of halogens is 1. The van der Waals surface area contributed by atoms with Crippen molar-refractivity contribution in [2.75, 3.05) is 0 Å². The monoisotopic (exact) mass is 295 g/mol. The van der Waals surface area contributed by atoms with E-state index in [1.807, 2.05) is 30.3 Å². The fourth-order valence-electron chi connectivity index (χ4n) is 1.39. The molecule has 90 valence electrons. The fraction of sp³-hybridized carbons (Fsp3) is 0. The highest BCUT2D eigenvalue weighted by Gasteiger charge is 2.06. The Hall–Kier alpha value is -1.50. The normalized spacial score (nSPS) is 11.9. The zero-order valence-electron chi connectivity index (χ0n) is 8.91. The molecule has 0 N–H and O–H groups in total. The van der Waals surface area contributed by atoms with E-state index in [-0.39, 0.29) is 0 Å². The minimum absolute atomic E-state index is 0.397. The van der Waals surface area contributed by atoms with Crippen molar-refractivity contribution >= 4 is 38.3 Å². The van der Waals surface area contributed by atoms with Crippen molar-refractivity contribution in [2.24, 2.45) is 4.99 Å². The van der Waals surface area contributed by atoms with Crippen molar-refractivity contribution in [3.8, 4) is 11.3 Å². The second kappa shape index (κ2) is 5.01. The summed E-state index contributed by atoms with van der Waals surface area (Å²) in [5.74, 6) is 1.17. The first-order chi connectivity index (χ1) is 8.83. The summed E-state index contributed by atoms with van der Waals surface area (Å²) in [6.45, 7) is 0. The third-order valence-corrected chi connectivity index (χ3v) is 4.35. The van der Waals surface area contributed by atoms with E-state index in [9.17, 15) is 0 Å². The molecule has 0 saturated heterocycles. The van der Waals surface area contributed by atoms with Gasteiger partial charge in [-0.25, -0.2) is 4.99 Å². The Morgan fingerprint density at radius 3 is 2.78 bits per heavy atom. The molecule has 1 aromatic carbocycles. The summed E-state index contributed by atoms with van der Waals surface area (Å²) >= 11 is 5.87. The zero-order valence-corrected chi connectivity index (χ0v) is 11.3. The maximum absolute atomic E-state index is 5.87. The first kappa shape index (κ1) is 11.6. The Labute approximate surface area is 115 Å². The van der Waals surface area contributed by atoms with Crippen LogP contribution in [0.25, 0.3) is 11.3 Å². The minimum Gasteiger partial charge on any atom is -0.354 e. The molecule has 2 heterocycles. The number of benzene rings is 1. The van der Waals surface area contributed by atoms with Gasteiger partial charge in [-0.3, -0.25) is 0 Å². The lowest BCUT2D eigenvalue weighted by atomic mass is 10.2. The van der Waals surface area contributed by atoms with Gasteiger partial charge in [-0.1, -0.05) is 47.1 Å². The lowest BCUT2D eigenvalue weighted by Gasteiger charge is -1.90. The molecule has 0 aliphatic carbocycles. The van der Waals surface area contributed by atoms with Crippen LogP contribution in [0.15, 0.2) is 45.9 Å². The van der Waals surface area contributed by atoms with Crippen molar-refractivity contribution < 1.29 is 4.52 Å². The molecule has 0 saturated carbocycles. The molecular formula is C11H6ClN3OS2. The van der Waals surface area contributed by atoms with Gasteiger partial charge in [-0.05, 0) is 10.3 Å². The molecule has 0 spiro atoms. The Kier molecular flexibility index (Phi) is 3.22. The van der Waals surface area contributed by atoms with E-state index in [1.54, 1.807) is 6.07 Å². The van der Waals surface area contributed by atoms with E-state index in [4.69, 9.17) is 16.1 Å². The highest BCUT2D eigenvalue weighted by Crippen LogP contribution is 2.23. The van der Waals surface area contributed by atoms with Crippen LogP contribution in [0.2, 0.25) is 5.15 Å². The average molecular weight is 296 g/mol. The highest BCUT2D eigenvalue weighted by atomic mass is 35.5. The zero-order chi connectivity index (χ0) is 12.4. The average Bonchev–Trinajstić information content (AvgIpc) is 3.02. The maximum Gasteiger partial charge on any atom is 0.197 e. The van der Waals surface area contributed by atoms with Gasteiger partial charge in [0.2, 0.25) is 0 Å². The standard InChI is InChI=1S/C11H6ClN3OS2/c12-10-11(17-18-15-10)13-9-6-8(16-14-9)7-4-2-1-3-5-7/h1-6H. The molecule has 0 bridgehead atoms. The highest BCUT2D eigenvalue weighted by molar-refractivity contribution is 7.66. The van der Waals surface area contributed by atoms with Crippen molar-refractivity contribution in [1.29, 1.82) is 0 Å². The summed E-state index contributed by atoms with van der Waals surface area (Å²) in [5.41, 5.74) is 0.963. The van der Waals surface area contributed by atoms with Gasteiger partial charge in [0.05, 0.1) is 0 Å². The topological polar surface area (TPSA) is 51.3 Å². The third kappa shape index (κ3) is 2.35. The molecular weight excluding hydrogens is 290 g/mol. The smallest absolute Gasteiger partial charge is 0.197 e. The van der Waals surface area contributed by atoms with Crippen molar-refractivity contribution in [1.82, 2.24) is 9.53 Å². The molecule has 18 heavy (non-hydrogen) atoms. The van der Waals surface area contributed by atoms with Gasteiger partial charge in [0.25, 0.3) is 0 Å². The van der Waals surface area contributed by atoms with Crippen LogP contribution in [0.3, 0.4) is 0 Å². The molecule has 0 unspecified atom stereocenters. The molecule has 2 aromatic heterocycles. The van der Waals surface area contributed by atoms with Crippen LogP contribution < -0.4 is 4.67 Å². The van der Waals surface area contributed by atoms with Crippen LogP contribution in [0, 0.1) is 0 Å². The van der Waals surface area contributed by atoms with E-state index in [0.717, 1.165) is 5.56 Å². The summed E-state index contributed by atoms with van der Waals surface area (Å²) in [6, 6.07) is 11.5. The van der Waals surface area contributed by atoms with Gasteiger partial charge in [-0.2, -0.15) is 4.37 Å². The predicted octanol–water partition coefficient (Wildman–Crippen LogP) is 3.75. The van der Waals surface area contributed by atoms with Crippen LogP contribution >= 0.6 is 32.5 Å². The summed E-state index contributed by atoms with van der Waals surface area (Å²) in [4.78, 5) is 4.28. The Balaban J connectivity index is 1.99. The van der Waals surface area contributed by atoms with Gasteiger partial charge < -0.3 is 4.52 Å². The number of hydrogen-bond acceptors (Lipinski definition) is 6. The number of hydrogen-bond donors (Lipinski definition) is 0. The van der Waals surface area contributed by atoms with E-state index < -0.39 is 0 Å². The van der Waals surface area contributed by atoms with E-state index >= 15 is 0 Å². The third-order valence-electron chi connectivity index (χ3n) is 2.18. The Morgan fingerprint density at radius 1 is 1.22 bits per heavy atom. The van der Waals surface area contributed by atoms with E-state index in [2.05, 4.69) is 14.5 Å². The minimum atomic E-state index is 0.397. The molecule has 7 heteroatoms. The van der Waals surface area contributed by atoms with Crippen molar-refractivity contribution in [3.05, 3.63) is 46.2 Å². The molecule has 0 aliphatic heterocycles. The van der Waals surface area contributed by atoms with E-state index in [0.29, 0.717) is 21.4 Å². The Morgan fingerprint density at radius 2 is 2.06 bits per heavy atom. The second-order valence-electron chi connectivity index (χ2n) is 3.37. The van der Waals surface area contributed by atoms with Gasteiger partial charge in [-0.15, -0.1) is 0 Å². The SMILES string of the molecule is Clc1nssc1=Nc1cc(-c2ccccc2)on1. The van der Waals surface area contributed by atoms with Crippen molar-refractivity contribution in [2.45, 2.75) is 0 Å². The lowest BCUT2D eigenvalue weighted by molar-refractivity contribution is 0.434.